The molecule has 0 saturated heterocycles. The third-order valence-electron chi connectivity index (χ3n) is 5.35. The molecule has 0 aliphatic heterocycles. The molecular weight excluding hydrogens is 466 g/mol. The van der Waals surface area contributed by atoms with Crippen molar-refractivity contribution in [3.63, 3.8) is 0 Å². The van der Waals surface area contributed by atoms with Gasteiger partial charge in [-0.2, -0.15) is 0 Å². The number of amides is 1. The third-order valence-corrected chi connectivity index (χ3v) is 8.46. The maximum Gasteiger partial charge on any atom is 0.228 e. The van der Waals surface area contributed by atoms with E-state index in [1.807, 2.05) is 38.9 Å². The molecule has 2 aromatic carbocycles. The average molecular weight is 494 g/mol. The highest BCUT2D eigenvalue weighted by molar-refractivity contribution is 7.91. The number of fused-ring (bicyclic) bond motifs is 1. The van der Waals surface area contributed by atoms with Gasteiger partial charge in [0.05, 0.1) is 20.9 Å². The average Bonchev–Trinajstić information content (AvgIpc) is 3.15. The first-order valence-electron chi connectivity index (χ1n) is 10.4. The fraction of sp³-hybridized carbons (Fsp3) is 0.391. The molecule has 32 heavy (non-hydrogen) atoms. The van der Waals surface area contributed by atoms with Crippen molar-refractivity contribution in [3.8, 4) is 0 Å². The zero-order valence-corrected chi connectivity index (χ0v) is 21.1. The van der Waals surface area contributed by atoms with Crippen molar-refractivity contribution in [1.82, 2.24) is 9.88 Å². The summed E-state index contributed by atoms with van der Waals surface area (Å²) in [6.07, 6.45) is 0.374. The van der Waals surface area contributed by atoms with E-state index in [0.717, 1.165) is 21.3 Å². The van der Waals surface area contributed by atoms with Crippen molar-refractivity contribution >= 4 is 54.0 Å². The van der Waals surface area contributed by atoms with Crippen molar-refractivity contribution in [2.75, 3.05) is 37.8 Å². The molecule has 0 aliphatic rings. The monoisotopic (exact) mass is 493 g/mol. The van der Waals surface area contributed by atoms with E-state index < -0.39 is 9.84 Å². The maximum absolute atomic E-state index is 13.1. The molecule has 3 rings (SSSR count). The highest BCUT2D eigenvalue weighted by Gasteiger charge is 2.22. The van der Waals surface area contributed by atoms with E-state index in [1.54, 1.807) is 17.0 Å². The number of carbonyl (C=O) groups is 1. The lowest BCUT2D eigenvalue weighted by Gasteiger charge is -2.22. The first-order valence-corrected chi connectivity index (χ1v) is 13.2. The van der Waals surface area contributed by atoms with E-state index >= 15 is 0 Å². The summed E-state index contributed by atoms with van der Waals surface area (Å²) < 4.78 is 26.2. The lowest BCUT2D eigenvalue weighted by atomic mass is 10.1. The van der Waals surface area contributed by atoms with Crippen LogP contribution >= 0.6 is 22.9 Å². The Hall–Kier alpha value is -2.00. The molecule has 172 valence electrons. The van der Waals surface area contributed by atoms with Crippen LogP contribution in [-0.2, 0) is 14.6 Å². The number of anilines is 1. The predicted molar refractivity (Wildman–Crippen MR) is 133 cm³/mol. The van der Waals surface area contributed by atoms with Crippen LogP contribution in [0.5, 0.6) is 0 Å². The summed E-state index contributed by atoms with van der Waals surface area (Å²) in [7, 11) is 0.433. The van der Waals surface area contributed by atoms with Gasteiger partial charge in [-0.25, -0.2) is 13.4 Å². The van der Waals surface area contributed by atoms with Gasteiger partial charge in [0.2, 0.25) is 5.91 Å². The van der Waals surface area contributed by atoms with E-state index in [0.29, 0.717) is 23.2 Å². The van der Waals surface area contributed by atoms with Gasteiger partial charge in [0.25, 0.3) is 0 Å². The Bertz CT molecular complexity index is 1210. The molecule has 0 N–H and O–H groups in total. The Labute approximate surface area is 198 Å². The molecule has 0 spiro atoms. The van der Waals surface area contributed by atoms with Gasteiger partial charge in [-0.05, 0) is 75.8 Å². The molecule has 0 radical (unpaired) electrons. The van der Waals surface area contributed by atoms with Crippen LogP contribution in [0, 0.1) is 13.8 Å². The van der Waals surface area contributed by atoms with Crippen molar-refractivity contribution in [2.45, 2.75) is 31.6 Å². The first kappa shape index (κ1) is 24.6. The van der Waals surface area contributed by atoms with E-state index in [-0.39, 0.29) is 29.4 Å². The second-order valence-electron chi connectivity index (χ2n) is 8.08. The number of thiazole rings is 1. The summed E-state index contributed by atoms with van der Waals surface area (Å²) in [5.74, 6) is -0.216. The second kappa shape index (κ2) is 10.3. The Kier molecular flexibility index (Phi) is 7.92. The van der Waals surface area contributed by atoms with Crippen LogP contribution in [0.15, 0.2) is 41.3 Å². The Balaban J connectivity index is 1.75. The van der Waals surface area contributed by atoms with Crippen LogP contribution in [0.3, 0.4) is 0 Å². The van der Waals surface area contributed by atoms with Gasteiger partial charge in [-0.15, -0.1) is 0 Å². The standard InChI is InChI=1S/C23H28ClN3O3S2/c1-16-7-12-20-22(17(16)2)25-23(31-20)27(14-13-26(3)4)21(28)6-5-15-32(29,30)19-10-8-18(24)9-11-19/h7-12H,5-6,13-15H2,1-4H3. The van der Waals surface area contributed by atoms with E-state index in [4.69, 9.17) is 16.6 Å². The molecule has 6 nitrogen and oxygen atoms in total. The molecule has 0 fully saturated rings. The molecule has 0 atom stereocenters. The fourth-order valence-electron chi connectivity index (χ4n) is 3.26. The number of hydrogen-bond acceptors (Lipinski definition) is 6. The summed E-state index contributed by atoms with van der Waals surface area (Å²) >= 11 is 7.34. The minimum absolute atomic E-state index is 0.0972. The van der Waals surface area contributed by atoms with Gasteiger partial charge in [0.15, 0.2) is 15.0 Å². The molecule has 9 heteroatoms. The zero-order chi connectivity index (χ0) is 23.5. The number of rotatable bonds is 9. The number of likely N-dealkylation sites (N-methyl/N-ethyl adjacent to an activating group) is 1. The van der Waals surface area contributed by atoms with Crippen molar-refractivity contribution in [3.05, 3.63) is 52.5 Å². The SMILES string of the molecule is Cc1ccc2sc(N(CCN(C)C)C(=O)CCCS(=O)(=O)c3ccc(Cl)cc3)nc2c1C. The van der Waals surface area contributed by atoms with Gasteiger partial charge < -0.3 is 4.90 Å². The summed E-state index contributed by atoms with van der Waals surface area (Å²) in [5, 5.41) is 1.14. The van der Waals surface area contributed by atoms with Crippen LogP contribution in [-0.4, -0.2) is 57.1 Å². The minimum atomic E-state index is -3.47. The Morgan fingerprint density at radius 3 is 2.41 bits per heavy atom. The quantitative estimate of drug-likeness (QED) is 0.431. The molecule has 0 saturated carbocycles. The molecule has 0 aliphatic carbocycles. The summed E-state index contributed by atoms with van der Waals surface area (Å²) in [5.41, 5.74) is 3.19. The van der Waals surface area contributed by atoms with Crippen LogP contribution in [0.25, 0.3) is 10.2 Å². The van der Waals surface area contributed by atoms with Gasteiger partial charge in [0.1, 0.15) is 0 Å². The van der Waals surface area contributed by atoms with E-state index in [1.165, 1.54) is 23.5 Å². The zero-order valence-electron chi connectivity index (χ0n) is 18.8. The number of carbonyl (C=O) groups excluding carboxylic acids is 1. The number of benzene rings is 2. The van der Waals surface area contributed by atoms with Crippen LogP contribution in [0.4, 0.5) is 5.13 Å². The molecule has 0 bridgehead atoms. The topological polar surface area (TPSA) is 70.6 Å². The lowest BCUT2D eigenvalue weighted by Crippen LogP contribution is -2.36. The Morgan fingerprint density at radius 1 is 1.06 bits per heavy atom. The van der Waals surface area contributed by atoms with Crippen molar-refractivity contribution < 1.29 is 13.2 Å². The molecule has 1 heterocycles. The second-order valence-corrected chi connectivity index (χ2v) is 11.6. The van der Waals surface area contributed by atoms with Gasteiger partial charge in [0, 0.05) is 24.5 Å². The number of hydrogen-bond donors (Lipinski definition) is 0. The predicted octanol–water partition coefficient (Wildman–Crippen LogP) is 4.72. The highest BCUT2D eigenvalue weighted by Crippen LogP contribution is 2.32. The van der Waals surface area contributed by atoms with Gasteiger partial charge >= 0.3 is 0 Å². The number of nitrogens with zero attached hydrogens (tertiary/aromatic N) is 3. The van der Waals surface area contributed by atoms with Crippen LogP contribution in [0.1, 0.15) is 24.0 Å². The largest absolute Gasteiger partial charge is 0.308 e. The smallest absolute Gasteiger partial charge is 0.228 e. The normalized spacial score (nSPS) is 11.9. The molecule has 3 aromatic rings. The number of aromatic nitrogens is 1. The third kappa shape index (κ3) is 5.86. The van der Waals surface area contributed by atoms with E-state index in [9.17, 15) is 13.2 Å². The highest BCUT2D eigenvalue weighted by atomic mass is 35.5. The number of sulfone groups is 1. The summed E-state index contributed by atoms with van der Waals surface area (Å²) in [6, 6.07) is 10.2. The van der Waals surface area contributed by atoms with Gasteiger partial charge in [-0.1, -0.05) is 29.0 Å². The minimum Gasteiger partial charge on any atom is -0.308 e. The van der Waals surface area contributed by atoms with Crippen molar-refractivity contribution in [1.29, 1.82) is 0 Å². The van der Waals surface area contributed by atoms with Crippen LogP contribution < -0.4 is 4.90 Å². The van der Waals surface area contributed by atoms with E-state index in [2.05, 4.69) is 6.07 Å². The van der Waals surface area contributed by atoms with Crippen LogP contribution in [0.2, 0.25) is 5.02 Å². The summed E-state index contributed by atoms with van der Waals surface area (Å²) in [6.45, 7) is 5.26. The Morgan fingerprint density at radius 2 is 1.75 bits per heavy atom. The maximum atomic E-state index is 13.1. The van der Waals surface area contributed by atoms with Crippen molar-refractivity contribution in [2.24, 2.45) is 0 Å². The lowest BCUT2D eigenvalue weighted by molar-refractivity contribution is -0.118. The molecule has 0 unspecified atom stereocenters. The molecular formula is C23H28ClN3O3S2. The summed E-state index contributed by atoms with van der Waals surface area (Å²) in [4.78, 5) is 21.8. The molecule has 1 amide bonds. The van der Waals surface area contributed by atoms with Gasteiger partial charge in [-0.3, -0.25) is 9.69 Å². The number of halogens is 1. The fourth-order valence-corrected chi connectivity index (χ4v) is 5.77. The first-order chi connectivity index (χ1) is 15.1. The number of aryl methyl sites for hydroxylation is 2. The molecule has 1 aromatic heterocycles.